The molecule has 0 aliphatic rings. The lowest BCUT2D eigenvalue weighted by atomic mass is 10.0. The Hall–Kier alpha value is -3.44. The number of esters is 2. The van der Waals surface area contributed by atoms with Gasteiger partial charge in [0.15, 0.2) is 5.69 Å². The van der Waals surface area contributed by atoms with E-state index in [0.29, 0.717) is 21.3 Å². The summed E-state index contributed by atoms with van der Waals surface area (Å²) >= 11 is 3.33. The Bertz CT molecular complexity index is 1100. The number of halogens is 1. The van der Waals surface area contributed by atoms with Crippen LogP contribution in [0.1, 0.15) is 26.4 Å². The minimum absolute atomic E-state index is 0.0187. The van der Waals surface area contributed by atoms with Gasteiger partial charge in [0.1, 0.15) is 17.3 Å². The Morgan fingerprint density at radius 1 is 1.07 bits per heavy atom. The Labute approximate surface area is 169 Å². The molecule has 2 aromatic carbocycles. The second-order valence-corrected chi connectivity index (χ2v) is 6.46. The summed E-state index contributed by atoms with van der Waals surface area (Å²) in [7, 11) is 2.45. The van der Waals surface area contributed by atoms with Gasteiger partial charge in [-0.15, -0.1) is 0 Å². The molecule has 0 unspecified atom stereocenters. The van der Waals surface area contributed by atoms with Crippen molar-refractivity contribution in [2.24, 2.45) is 0 Å². The first kappa shape index (κ1) is 19.3. The molecule has 0 radical (unpaired) electrons. The zero-order chi connectivity index (χ0) is 20.3. The Kier molecular flexibility index (Phi) is 5.57. The van der Waals surface area contributed by atoms with Crippen molar-refractivity contribution in [3.05, 3.63) is 69.8 Å². The van der Waals surface area contributed by atoms with Crippen LogP contribution in [-0.2, 0) is 9.47 Å². The minimum atomic E-state index is -0.726. The van der Waals surface area contributed by atoms with Crippen LogP contribution < -0.4 is 0 Å². The molecule has 0 aliphatic heterocycles. The zero-order valence-electron chi connectivity index (χ0n) is 15.0. The van der Waals surface area contributed by atoms with Crippen molar-refractivity contribution in [1.29, 1.82) is 5.26 Å². The van der Waals surface area contributed by atoms with E-state index in [4.69, 9.17) is 14.7 Å². The smallest absolute Gasteiger partial charge is 0.357 e. The third-order valence-electron chi connectivity index (χ3n) is 4.02. The summed E-state index contributed by atoms with van der Waals surface area (Å²) in [6.07, 6.45) is 0. The number of hydrogen-bond acceptors (Lipinski definition) is 6. The SMILES string of the molecule is COC(=O)c1c(-c2ccc(C#N)c(Br)c2)nn(-c2ccccc2)c1C(=O)OC. The Balaban J connectivity index is 2.35. The van der Waals surface area contributed by atoms with Crippen LogP contribution in [0.5, 0.6) is 0 Å². The molecule has 0 bridgehead atoms. The minimum Gasteiger partial charge on any atom is -0.465 e. The standard InChI is InChI=1S/C20H14BrN3O4/c1-27-19(25)16-17(12-8-9-13(11-22)15(21)10-12)23-24(18(16)20(26)28-2)14-6-4-3-5-7-14/h3-10H,1-2H3. The summed E-state index contributed by atoms with van der Waals surface area (Å²) in [6, 6.07) is 15.8. The first-order valence-electron chi connectivity index (χ1n) is 8.07. The third-order valence-corrected chi connectivity index (χ3v) is 4.67. The van der Waals surface area contributed by atoms with Gasteiger partial charge in [-0.05, 0) is 40.2 Å². The van der Waals surface area contributed by atoms with E-state index in [9.17, 15) is 9.59 Å². The summed E-state index contributed by atoms with van der Waals surface area (Å²) in [5, 5.41) is 13.6. The van der Waals surface area contributed by atoms with Gasteiger partial charge in [0.25, 0.3) is 0 Å². The van der Waals surface area contributed by atoms with E-state index in [1.165, 1.54) is 18.9 Å². The average molecular weight is 440 g/mol. The van der Waals surface area contributed by atoms with Crippen molar-refractivity contribution in [3.63, 3.8) is 0 Å². The maximum atomic E-state index is 12.6. The molecule has 0 spiro atoms. The number of nitriles is 1. The van der Waals surface area contributed by atoms with Crippen molar-refractivity contribution in [3.8, 4) is 23.0 Å². The molecule has 0 N–H and O–H groups in total. The first-order valence-corrected chi connectivity index (χ1v) is 8.86. The highest BCUT2D eigenvalue weighted by Gasteiger charge is 2.31. The van der Waals surface area contributed by atoms with Gasteiger partial charge in [0.2, 0.25) is 0 Å². The van der Waals surface area contributed by atoms with Crippen LogP contribution in [0.3, 0.4) is 0 Å². The first-order chi connectivity index (χ1) is 13.5. The molecule has 0 saturated heterocycles. The van der Waals surface area contributed by atoms with Crippen molar-refractivity contribution < 1.29 is 19.1 Å². The molecule has 0 aliphatic carbocycles. The molecular weight excluding hydrogens is 426 g/mol. The van der Waals surface area contributed by atoms with Gasteiger partial charge in [0.05, 0.1) is 25.5 Å². The average Bonchev–Trinajstić information content (AvgIpc) is 3.13. The van der Waals surface area contributed by atoms with E-state index in [1.54, 1.807) is 42.5 Å². The van der Waals surface area contributed by atoms with Gasteiger partial charge in [-0.25, -0.2) is 14.3 Å². The van der Waals surface area contributed by atoms with Crippen molar-refractivity contribution in [1.82, 2.24) is 9.78 Å². The number of carbonyl (C=O) groups is 2. The van der Waals surface area contributed by atoms with Gasteiger partial charge in [0, 0.05) is 10.0 Å². The molecule has 1 heterocycles. The number of ether oxygens (including phenoxy) is 2. The maximum Gasteiger partial charge on any atom is 0.357 e. The van der Waals surface area contributed by atoms with Crippen LogP contribution in [0, 0.1) is 11.3 Å². The molecule has 0 atom stereocenters. The van der Waals surface area contributed by atoms with Crippen LogP contribution in [0.15, 0.2) is 53.0 Å². The fraction of sp³-hybridized carbons (Fsp3) is 0.100. The molecule has 28 heavy (non-hydrogen) atoms. The normalized spacial score (nSPS) is 10.2. The Morgan fingerprint density at radius 2 is 1.75 bits per heavy atom. The lowest BCUT2D eigenvalue weighted by Gasteiger charge is -2.07. The summed E-state index contributed by atoms with van der Waals surface area (Å²) in [5.74, 6) is -1.45. The molecule has 0 amide bonds. The number of rotatable bonds is 4. The van der Waals surface area contributed by atoms with E-state index in [1.807, 2.05) is 6.07 Å². The van der Waals surface area contributed by atoms with Crippen molar-refractivity contribution in [2.45, 2.75) is 0 Å². The molecule has 3 rings (SSSR count). The molecule has 0 saturated carbocycles. The van der Waals surface area contributed by atoms with Gasteiger partial charge < -0.3 is 9.47 Å². The Morgan fingerprint density at radius 3 is 2.32 bits per heavy atom. The third kappa shape index (κ3) is 3.40. The number of aromatic nitrogens is 2. The molecule has 1 aromatic heterocycles. The quantitative estimate of drug-likeness (QED) is 0.574. The highest BCUT2D eigenvalue weighted by Crippen LogP contribution is 2.31. The molecule has 8 heteroatoms. The van der Waals surface area contributed by atoms with Crippen LogP contribution >= 0.6 is 15.9 Å². The van der Waals surface area contributed by atoms with Crippen LogP contribution in [0.25, 0.3) is 16.9 Å². The molecule has 3 aromatic rings. The fourth-order valence-corrected chi connectivity index (χ4v) is 3.18. The van der Waals surface area contributed by atoms with E-state index in [-0.39, 0.29) is 17.0 Å². The summed E-state index contributed by atoms with van der Waals surface area (Å²) < 4.78 is 11.7. The van der Waals surface area contributed by atoms with Gasteiger partial charge in [-0.2, -0.15) is 10.4 Å². The predicted molar refractivity (Wildman–Crippen MR) is 104 cm³/mol. The van der Waals surface area contributed by atoms with E-state index >= 15 is 0 Å². The van der Waals surface area contributed by atoms with Crippen molar-refractivity contribution >= 4 is 27.9 Å². The summed E-state index contributed by atoms with van der Waals surface area (Å²) in [6.45, 7) is 0. The number of carbonyl (C=O) groups excluding carboxylic acids is 2. The van der Waals surface area contributed by atoms with E-state index in [2.05, 4.69) is 27.1 Å². The van der Waals surface area contributed by atoms with Crippen LogP contribution in [-0.4, -0.2) is 35.9 Å². The number of benzene rings is 2. The second-order valence-electron chi connectivity index (χ2n) is 5.61. The number of hydrogen-bond donors (Lipinski definition) is 0. The summed E-state index contributed by atoms with van der Waals surface area (Å²) in [4.78, 5) is 25.1. The van der Waals surface area contributed by atoms with Gasteiger partial charge >= 0.3 is 11.9 Å². The van der Waals surface area contributed by atoms with E-state index in [0.717, 1.165) is 0 Å². The fourth-order valence-electron chi connectivity index (χ4n) is 2.71. The summed E-state index contributed by atoms with van der Waals surface area (Å²) in [5.41, 5.74) is 1.71. The zero-order valence-corrected chi connectivity index (χ0v) is 16.6. The molecule has 7 nitrogen and oxygen atoms in total. The second kappa shape index (κ2) is 8.06. The predicted octanol–water partition coefficient (Wildman–Crippen LogP) is 3.75. The number of para-hydroxylation sites is 1. The van der Waals surface area contributed by atoms with Crippen LogP contribution in [0.4, 0.5) is 0 Å². The molecule has 140 valence electrons. The molecule has 0 fully saturated rings. The molecular formula is C20H14BrN3O4. The highest BCUT2D eigenvalue weighted by atomic mass is 79.9. The van der Waals surface area contributed by atoms with Crippen LogP contribution in [0.2, 0.25) is 0 Å². The monoisotopic (exact) mass is 439 g/mol. The highest BCUT2D eigenvalue weighted by molar-refractivity contribution is 9.10. The van der Waals surface area contributed by atoms with Gasteiger partial charge in [-0.1, -0.05) is 24.3 Å². The topological polar surface area (TPSA) is 94.2 Å². The maximum absolute atomic E-state index is 12.6. The lowest BCUT2D eigenvalue weighted by Crippen LogP contribution is -2.15. The van der Waals surface area contributed by atoms with Gasteiger partial charge in [-0.3, -0.25) is 0 Å². The largest absolute Gasteiger partial charge is 0.465 e. The number of methoxy groups -OCH3 is 2. The van der Waals surface area contributed by atoms with Crippen molar-refractivity contribution in [2.75, 3.05) is 14.2 Å². The lowest BCUT2D eigenvalue weighted by molar-refractivity contribution is 0.0549. The number of nitrogens with zero attached hydrogens (tertiary/aromatic N) is 3. The van der Waals surface area contributed by atoms with E-state index < -0.39 is 11.9 Å².